The third kappa shape index (κ3) is 2.54. The first-order chi connectivity index (χ1) is 10.2. The molecular formula is C16H17N3O2. The molecule has 1 heterocycles. The number of benzene rings is 2. The average Bonchev–Trinajstić information content (AvgIpc) is 2.91. The van der Waals surface area contributed by atoms with Crippen LogP contribution >= 0.6 is 0 Å². The van der Waals surface area contributed by atoms with Crippen LogP contribution in [0.2, 0.25) is 0 Å². The number of aryl methyl sites for hydroxylation is 1. The van der Waals surface area contributed by atoms with Gasteiger partial charge in [0, 0.05) is 6.07 Å². The van der Waals surface area contributed by atoms with Crippen molar-refractivity contribution in [2.24, 2.45) is 0 Å². The SMILES string of the molecule is CCOc1ccc2nn(-c3cc(CC)ccc3O)nc2c1. The fraction of sp³-hybridized carbons (Fsp3) is 0.250. The zero-order chi connectivity index (χ0) is 14.8. The summed E-state index contributed by atoms with van der Waals surface area (Å²) in [5.74, 6) is 0.932. The molecule has 2 aromatic carbocycles. The second-order valence-electron chi connectivity index (χ2n) is 4.75. The van der Waals surface area contributed by atoms with Gasteiger partial charge in [-0.3, -0.25) is 0 Å². The van der Waals surface area contributed by atoms with Crippen molar-refractivity contribution in [3.05, 3.63) is 42.0 Å². The van der Waals surface area contributed by atoms with Gasteiger partial charge < -0.3 is 9.84 Å². The summed E-state index contributed by atoms with van der Waals surface area (Å²) in [6.07, 6.45) is 0.891. The Morgan fingerprint density at radius 3 is 2.62 bits per heavy atom. The van der Waals surface area contributed by atoms with Gasteiger partial charge in [-0.2, -0.15) is 0 Å². The topological polar surface area (TPSA) is 60.2 Å². The highest BCUT2D eigenvalue weighted by molar-refractivity contribution is 5.75. The summed E-state index contributed by atoms with van der Waals surface area (Å²) in [6.45, 7) is 4.62. The summed E-state index contributed by atoms with van der Waals surface area (Å²) >= 11 is 0. The van der Waals surface area contributed by atoms with Crippen molar-refractivity contribution in [2.75, 3.05) is 6.61 Å². The van der Waals surface area contributed by atoms with Gasteiger partial charge in [0.2, 0.25) is 0 Å². The van der Waals surface area contributed by atoms with E-state index in [1.165, 1.54) is 4.80 Å². The number of nitrogens with zero attached hydrogens (tertiary/aromatic N) is 3. The van der Waals surface area contributed by atoms with E-state index in [1.54, 1.807) is 6.07 Å². The van der Waals surface area contributed by atoms with Crippen LogP contribution in [0, 0.1) is 0 Å². The minimum absolute atomic E-state index is 0.164. The van der Waals surface area contributed by atoms with Crippen LogP contribution in [0.3, 0.4) is 0 Å². The molecule has 0 unspecified atom stereocenters. The van der Waals surface area contributed by atoms with E-state index < -0.39 is 0 Å². The van der Waals surface area contributed by atoms with Crippen LogP contribution in [-0.4, -0.2) is 26.7 Å². The molecule has 1 N–H and O–H groups in total. The fourth-order valence-electron chi connectivity index (χ4n) is 2.21. The van der Waals surface area contributed by atoms with Gasteiger partial charge in [0.25, 0.3) is 0 Å². The van der Waals surface area contributed by atoms with E-state index >= 15 is 0 Å². The molecule has 0 saturated carbocycles. The van der Waals surface area contributed by atoms with Crippen LogP contribution in [-0.2, 0) is 6.42 Å². The monoisotopic (exact) mass is 283 g/mol. The van der Waals surface area contributed by atoms with Crippen molar-refractivity contribution < 1.29 is 9.84 Å². The van der Waals surface area contributed by atoms with Crippen LogP contribution in [0.1, 0.15) is 19.4 Å². The molecule has 21 heavy (non-hydrogen) atoms. The molecule has 0 fully saturated rings. The van der Waals surface area contributed by atoms with Crippen LogP contribution in [0.5, 0.6) is 11.5 Å². The Bertz CT molecular complexity index is 780. The maximum Gasteiger partial charge on any atom is 0.143 e. The highest BCUT2D eigenvalue weighted by atomic mass is 16.5. The summed E-state index contributed by atoms with van der Waals surface area (Å²) < 4.78 is 5.46. The lowest BCUT2D eigenvalue weighted by molar-refractivity contribution is 0.340. The molecule has 0 atom stereocenters. The van der Waals surface area contributed by atoms with E-state index in [0.29, 0.717) is 12.3 Å². The van der Waals surface area contributed by atoms with E-state index in [0.717, 1.165) is 28.8 Å². The van der Waals surface area contributed by atoms with Gasteiger partial charge in [-0.15, -0.1) is 15.0 Å². The first-order valence-electron chi connectivity index (χ1n) is 7.03. The lowest BCUT2D eigenvalue weighted by Crippen LogP contribution is -1.99. The van der Waals surface area contributed by atoms with Gasteiger partial charge >= 0.3 is 0 Å². The molecule has 0 aliphatic rings. The smallest absolute Gasteiger partial charge is 0.143 e. The molecule has 0 saturated heterocycles. The zero-order valence-corrected chi connectivity index (χ0v) is 12.1. The molecule has 0 aliphatic heterocycles. The number of hydrogen-bond donors (Lipinski definition) is 1. The number of hydrogen-bond acceptors (Lipinski definition) is 4. The lowest BCUT2D eigenvalue weighted by Gasteiger charge is -2.04. The summed E-state index contributed by atoms with van der Waals surface area (Å²) in [6, 6.07) is 11.1. The molecule has 0 bridgehead atoms. The number of aromatic nitrogens is 3. The lowest BCUT2D eigenvalue weighted by atomic mass is 10.1. The van der Waals surface area contributed by atoms with Gasteiger partial charge in [-0.05, 0) is 43.2 Å². The standard InChI is InChI=1S/C16H17N3O2/c1-3-11-5-8-16(20)15(9-11)19-17-13-7-6-12(21-4-2)10-14(13)18-19/h5-10,20H,3-4H2,1-2H3. The normalized spacial score (nSPS) is 11.0. The Labute approximate surface area is 122 Å². The van der Waals surface area contributed by atoms with Crippen LogP contribution in [0.15, 0.2) is 36.4 Å². The first kappa shape index (κ1) is 13.4. The zero-order valence-electron chi connectivity index (χ0n) is 12.1. The highest BCUT2D eigenvalue weighted by Crippen LogP contribution is 2.24. The van der Waals surface area contributed by atoms with Crippen LogP contribution in [0.4, 0.5) is 0 Å². The molecule has 5 nitrogen and oxygen atoms in total. The molecule has 0 aliphatic carbocycles. The minimum Gasteiger partial charge on any atom is -0.506 e. The van der Waals surface area contributed by atoms with Gasteiger partial charge in [-0.25, -0.2) is 0 Å². The Morgan fingerprint density at radius 1 is 1.05 bits per heavy atom. The maximum atomic E-state index is 10.0. The van der Waals surface area contributed by atoms with E-state index in [2.05, 4.69) is 17.1 Å². The Balaban J connectivity index is 2.08. The molecular weight excluding hydrogens is 266 g/mol. The van der Waals surface area contributed by atoms with Gasteiger partial charge in [0.15, 0.2) is 0 Å². The number of phenolic OH excluding ortho intramolecular Hbond substituents is 1. The molecule has 3 aromatic rings. The van der Waals surface area contributed by atoms with Crippen LogP contribution in [0.25, 0.3) is 16.7 Å². The number of rotatable bonds is 4. The Morgan fingerprint density at radius 2 is 1.86 bits per heavy atom. The molecule has 5 heteroatoms. The fourth-order valence-corrected chi connectivity index (χ4v) is 2.21. The van der Waals surface area contributed by atoms with Crippen molar-refractivity contribution >= 4 is 11.0 Å². The third-order valence-corrected chi connectivity index (χ3v) is 3.33. The first-order valence-corrected chi connectivity index (χ1v) is 7.03. The second kappa shape index (κ2) is 5.44. The van der Waals surface area contributed by atoms with Gasteiger partial charge in [-0.1, -0.05) is 13.0 Å². The van der Waals surface area contributed by atoms with E-state index in [9.17, 15) is 5.11 Å². The highest BCUT2D eigenvalue weighted by Gasteiger charge is 2.10. The quantitative estimate of drug-likeness (QED) is 0.799. The molecule has 0 spiro atoms. The Kier molecular flexibility index (Phi) is 3.48. The molecule has 1 aromatic heterocycles. The number of aromatic hydroxyl groups is 1. The number of fused-ring (bicyclic) bond motifs is 1. The summed E-state index contributed by atoms with van der Waals surface area (Å²) in [5.41, 5.74) is 3.21. The molecule has 0 radical (unpaired) electrons. The van der Waals surface area contributed by atoms with E-state index in [-0.39, 0.29) is 5.75 Å². The molecule has 0 amide bonds. The molecule has 108 valence electrons. The van der Waals surface area contributed by atoms with Gasteiger partial charge in [0.1, 0.15) is 28.2 Å². The molecule has 3 rings (SSSR count). The largest absolute Gasteiger partial charge is 0.506 e. The van der Waals surface area contributed by atoms with Crippen LogP contribution < -0.4 is 4.74 Å². The van der Waals surface area contributed by atoms with Crippen molar-refractivity contribution in [3.63, 3.8) is 0 Å². The van der Waals surface area contributed by atoms with Crippen molar-refractivity contribution in [3.8, 4) is 17.2 Å². The summed E-state index contributed by atoms with van der Waals surface area (Å²) in [5, 5.41) is 18.9. The summed E-state index contributed by atoms with van der Waals surface area (Å²) in [4.78, 5) is 1.47. The minimum atomic E-state index is 0.164. The van der Waals surface area contributed by atoms with E-state index in [4.69, 9.17) is 4.74 Å². The average molecular weight is 283 g/mol. The predicted molar refractivity (Wildman–Crippen MR) is 81.1 cm³/mol. The van der Waals surface area contributed by atoms with Crippen molar-refractivity contribution in [2.45, 2.75) is 20.3 Å². The van der Waals surface area contributed by atoms with E-state index in [1.807, 2.05) is 37.3 Å². The van der Waals surface area contributed by atoms with Crippen molar-refractivity contribution in [1.82, 2.24) is 15.0 Å². The second-order valence-corrected chi connectivity index (χ2v) is 4.75. The number of phenols is 1. The summed E-state index contributed by atoms with van der Waals surface area (Å²) in [7, 11) is 0. The third-order valence-electron chi connectivity index (χ3n) is 3.33. The maximum absolute atomic E-state index is 10.0. The van der Waals surface area contributed by atoms with Gasteiger partial charge in [0.05, 0.1) is 6.61 Å². The number of ether oxygens (including phenoxy) is 1. The van der Waals surface area contributed by atoms with Crippen molar-refractivity contribution in [1.29, 1.82) is 0 Å². The Hall–Kier alpha value is -2.56. The predicted octanol–water partition coefficient (Wildman–Crippen LogP) is 3.09.